The molecule has 0 saturated carbocycles. The molecule has 3 heterocycles. The first kappa shape index (κ1) is 14.0. The van der Waals surface area contributed by atoms with Gasteiger partial charge in [-0.3, -0.25) is 4.98 Å². The van der Waals surface area contributed by atoms with Gasteiger partial charge in [-0.2, -0.15) is 4.31 Å². The normalized spacial score (nSPS) is 20.3. The van der Waals surface area contributed by atoms with Crippen molar-refractivity contribution in [3.8, 4) is 5.88 Å². The van der Waals surface area contributed by atoms with Crippen LogP contribution in [0.2, 0.25) is 0 Å². The first-order valence-electron chi connectivity index (χ1n) is 6.48. The minimum atomic E-state index is -3.58. The zero-order valence-electron chi connectivity index (χ0n) is 11.1. The fraction of sp³-hybridized carbons (Fsp3) is 0.417. The van der Waals surface area contributed by atoms with Crippen LogP contribution in [0.1, 0.15) is 12.8 Å². The molecule has 0 radical (unpaired) electrons. The fourth-order valence-electron chi connectivity index (χ4n) is 2.21. The molecule has 2 aromatic rings. The molecule has 1 fully saturated rings. The standard InChI is InChI=1S/C12H14N4O4S/c17-21(18,11-6-15-19-9-11)16-5-1-2-10(8-16)20-12-7-13-3-4-14-12/h3-4,6-7,9-10H,1-2,5,8H2. The third kappa shape index (κ3) is 3.03. The Balaban J connectivity index is 1.71. The highest BCUT2D eigenvalue weighted by Crippen LogP contribution is 2.22. The number of hydrogen-bond acceptors (Lipinski definition) is 7. The smallest absolute Gasteiger partial charge is 0.248 e. The Morgan fingerprint density at radius 2 is 2.24 bits per heavy atom. The van der Waals surface area contributed by atoms with Crippen LogP contribution in [0.3, 0.4) is 0 Å². The maximum atomic E-state index is 12.4. The molecular weight excluding hydrogens is 296 g/mol. The van der Waals surface area contributed by atoms with Crippen molar-refractivity contribution in [2.75, 3.05) is 13.1 Å². The molecular formula is C12H14N4O4S. The van der Waals surface area contributed by atoms with Crippen molar-refractivity contribution < 1.29 is 17.7 Å². The van der Waals surface area contributed by atoms with E-state index in [2.05, 4.69) is 19.6 Å². The van der Waals surface area contributed by atoms with Gasteiger partial charge in [0.25, 0.3) is 0 Å². The molecule has 0 N–H and O–H groups in total. The van der Waals surface area contributed by atoms with Gasteiger partial charge in [-0.1, -0.05) is 5.16 Å². The first-order valence-corrected chi connectivity index (χ1v) is 7.92. The summed E-state index contributed by atoms with van der Waals surface area (Å²) >= 11 is 0. The summed E-state index contributed by atoms with van der Waals surface area (Å²) < 4.78 is 36.4. The Morgan fingerprint density at radius 1 is 1.33 bits per heavy atom. The lowest BCUT2D eigenvalue weighted by atomic mass is 10.1. The molecule has 1 aliphatic rings. The van der Waals surface area contributed by atoms with Gasteiger partial charge in [0.2, 0.25) is 15.9 Å². The van der Waals surface area contributed by atoms with Gasteiger partial charge in [-0.25, -0.2) is 13.4 Å². The summed E-state index contributed by atoms with van der Waals surface area (Å²) in [4.78, 5) is 8.01. The second-order valence-corrected chi connectivity index (χ2v) is 6.59. The number of sulfonamides is 1. The summed E-state index contributed by atoms with van der Waals surface area (Å²) in [5.41, 5.74) is 0. The molecule has 8 nitrogen and oxygen atoms in total. The van der Waals surface area contributed by atoms with Crippen LogP contribution in [-0.4, -0.2) is 47.0 Å². The van der Waals surface area contributed by atoms with Crippen LogP contribution in [0.25, 0.3) is 0 Å². The lowest BCUT2D eigenvalue weighted by Gasteiger charge is -2.31. The summed E-state index contributed by atoms with van der Waals surface area (Å²) in [7, 11) is -3.58. The Morgan fingerprint density at radius 3 is 2.95 bits per heavy atom. The molecule has 0 aromatic carbocycles. The summed E-state index contributed by atoms with van der Waals surface area (Å²) in [5.74, 6) is 0.395. The Kier molecular flexibility index (Phi) is 3.84. The number of ether oxygens (including phenoxy) is 1. The van der Waals surface area contributed by atoms with Crippen LogP contribution in [0.15, 0.2) is 40.5 Å². The molecule has 1 saturated heterocycles. The van der Waals surface area contributed by atoms with Crippen molar-refractivity contribution in [2.24, 2.45) is 0 Å². The van der Waals surface area contributed by atoms with E-state index in [1.807, 2.05) is 0 Å². The van der Waals surface area contributed by atoms with Gasteiger partial charge in [-0.15, -0.1) is 0 Å². The minimum absolute atomic E-state index is 0.0580. The van der Waals surface area contributed by atoms with E-state index in [1.54, 1.807) is 6.20 Å². The molecule has 0 bridgehead atoms. The van der Waals surface area contributed by atoms with Crippen molar-refractivity contribution in [1.82, 2.24) is 19.4 Å². The van der Waals surface area contributed by atoms with Crippen molar-refractivity contribution in [1.29, 1.82) is 0 Å². The quantitative estimate of drug-likeness (QED) is 0.819. The van der Waals surface area contributed by atoms with Gasteiger partial charge in [0.15, 0.2) is 0 Å². The SMILES string of the molecule is O=S(=O)(c1cnoc1)N1CCCC(Oc2cnccn2)C1. The third-order valence-corrected chi connectivity index (χ3v) is 5.02. The van der Waals surface area contributed by atoms with E-state index in [0.29, 0.717) is 12.4 Å². The minimum Gasteiger partial charge on any atom is -0.472 e. The lowest BCUT2D eigenvalue weighted by molar-refractivity contribution is 0.124. The highest BCUT2D eigenvalue weighted by molar-refractivity contribution is 7.89. The van der Waals surface area contributed by atoms with Gasteiger partial charge in [0.1, 0.15) is 17.3 Å². The molecule has 112 valence electrons. The van der Waals surface area contributed by atoms with Crippen LogP contribution in [-0.2, 0) is 10.0 Å². The van der Waals surface area contributed by atoms with Gasteiger partial charge in [0, 0.05) is 18.9 Å². The summed E-state index contributed by atoms with van der Waals surface area (Å²) in [6, 6.07) is 0. The monoisotopic (exact) mass is 310 g/mol. The van der Waals surface area contributed by atoms with Crippen LogP contribution >= 0.6 is 0 Å². The first-order chi connectivity index (χ1) is 10.2. The molecule has 1 atom stereocenters. The highest BCUT2D eigenvalue weighted by atomic mass is 32.2. The van der Waals surface area contributed by atoms with Gasteiger partial charge in [-0.05, 0) is 12.8 Å². The number of aromatic nitrogens is 3. The van der Waals surface area contributed by atoms with Crippen molar-refractivity contribution in [2.45, 2.75) is 23.8 Å². The second kappa shape index (κ2) is 5.78. The Labute approximate surface area is 121 Å². The van der Waals surface area contributed by atoms with E-state index < -0.39 is 10.0 Å². The van der Waals surface area contributed by atoms with Gasteiger partial charge in [0.05, 0.1) is 18.9 Å². The van der Waals surface area contributed by atoms with E-state index in [4.69, 9.17) is 4.74 Å². The topological polar surface area (TPSA) is 98.4 Å². The number of hydrogen-bond donors (Lipinski definition) is 0. The summed E-state index contributed by atoms with van der Waals surface area (Å²) in [6.07, 6.45) is 8.16. The molecule has 9 heteroatoms. The number of nitrogens with zero attached hydrogens (tertiary/aromatic N) is 4. The van der Waals surface area contributed by atoms with E-state index in [1.165, 1.54) is 22.9 Å². The molecule has 1 unspecified atom stereocenters. The van der Waals surface area contributed by atoms with E-state index in [-0.39, 0.29) is 17.5 Å². The highest BCUT2D eigenvalue weighted by Gasteiger charge is 2.32. The zero-order chi connectivity index (χ0) is 14.7. The van der Waals surface area contributed by atoms with Gasteiger partial charge < -0.3 is 9.26 Å². The third-order valence-electron chi connectivity index (χ3n) is 3.22. The Hall–Kier alpha value is -2.00. The van der Waals surface area contributed by atoms with Crippen LogP contribution < -0.4 is 4.74 Å². The van der Waals surface area contributed by atoms with E-state index in [0.717, 1.165) is 19.1 Å². The van der Waals surface area contributed by atoms with Crippen LogP contribution in [0, 0.1) is 0 Å². The largest absolute Gasteiger partial charge is 0.472 e. The number of rotatable bonds is 4. The second-order valence-electron chi connectivity index (χ2n) is 4.65. The molecule has 0 aliphatic carbocycles. The zero-order valence-corrected chi connectivity index (χ0v) is 11.9. The van der Waals surface area contributed by atoms with E-state index in [9.17, 15) is 8.42 Å². The van der Waals surface area contributed by atoms with Crippen LogP contribution in [0.5, 0.6) is 5.88 Å². The fourth-order valence-corrected chi connectivity index (χ4v) is 3.58. The Bertz CT molecular complexity index is 675. The molecule has 2 aromatic heterocycles. The number of piperidine rings is 1. The average molecular weight is 310 g/mol. The maximum Gasteiger partial charge on any atom is 0.248 e. The molecule has 0 spiro atoms. The molecule has 3 rings (SSSR count). The van der Waals surface area contributed by atoms with E-state index >= 15 is 0 Å². The predicted octanol–water partition coefficient (Wildman–Crippen LogP) is 0.697. The summed E-state index contributed by atoms with van der Waals surface area (Å²) in [5, 5.41) is 3.44. The predicted molar refractivity (Wildman–Crippen MR) is 70.9 cm³/mol. The lowest BCUT2D eigenvalue weighted by Crippen LogP contribution is -2.44. The molecule has 21 heavy (non-hydrogen) atoms. The summed E-state index contributed by atoms with van der Waals surface area (Å²) in [6.45, 7) is 0.720. The van der Waals surface area contributed by atoms with Gasteiger partial charge >= 0.3 is 0 Å². The van der Waals surface area contributed by atoms with Crippen molar-refractivity contribution >= 4 is 10.0 Å². The maximum absolute atomic E-state index is 12.4. The van der Waals surface area contributed by atoms with Crippen molar-refractivity contribution in [3.63, 3.8) is 0 Å². The van der Waals surface area contributed by atoms with Crippen molar-refractivity contribution in [3.05, 3.63) is 31.1 Å². The average Bonchev–Trinajstić information content (AvgIpc) is 3.04. The molecule has 0 amide bonds. The van der Waals surface area contributed by atoms with Crippen LogP contribution in [0.4, 0.5) is 0 Å². The molecule has 1 aliphatic heterocycles.